The van der Waals surface area contributed by atoms with Crippen LogP contribution in [0.3, 0.4) is 0 Å². The third-order valence-electron chi connectivity index (χ3n) is 3.56. The average molecular weight is 325 g/mol. The molecule has 0 saturated heterocycles. The molecule has 0 bridgehead atoms. The Bertz CT molecular complexity index is 841. The molecule has 2 aromatic carbocycles. The number of nitrogens with zero attached hydrogens (tertiary/aromatic N) is 1. The van der Waals surface area contributed by atoms with Crippen molar-refractivity contribution in [1.29, 1.82) is 0 Å². The van der Waals surface area contributed by atoms with Gasteiger partial charge in [-0.1, -0.05) is 24.3 Å². The topological polar surface area (TPSA) is 39.2 Å². The fourth-order valence-corrected chi connectivity index (χ4v) is 3.31. The molecule has 4 heteroatoms. The average Bonchev–Trinajstić information content (AvgIpc) is 2.89. The third-order valence-corrected chi connectivity index (χ3v) is 4.61. The number of rotatable bonds is 2. The molecule has 1 heterocycles. The van der Waals surface area contributed by atoms with E-state index in [1.807, 2.05) is 64.1 Å². The molecule has 0 aliphatic heterocycles. The lowest BCUT2D eigenvalue weighted by molar-refractivity contribution is -0.142. The highest BCUT2D eigenvalue weighted by Crippen LogP contribution is 2.38. The molecule has 1 aromatic heterocycles. The molecule has 0 saturated carbocycles. The second-order valence-electron chi connectivity index (χ2n) is 6.57. The monoisotopic (exact) mass is 325 g/mol. The zero-order valence-electron chi connectivity index (χ0n) is 13.7. The van der Waals surface area contributed by atoms with Gasteiger partial charge in [0.1, 0.15) is 10.8 Å². The van der Waals surface area contributed by atoms with Gasteiger partial charge in [-0.15, -0.1) is 11.3 Å². The van der Waals surface area contributed by atoms with Gasteiger partial charge in [0.05, 0.1) is 21.2 Å². The normalized spacial score (nSPS) is 11.7. The number of aromatic nitrogens is 1. The summed E-state index contributed by atoms with van der Waals surface area (Å²) < 4.78 is 6.79. The second kappa shape index (κ2) is 5.78. The SMILES string of the molecule is Cc1cccc(OC(=O)C(C)(C)C)c1-c1nc2ccccc2s1. The van der Waals surface area contributed by atoms with Gasteiger partial charge in [0.25, 0.3) is 0 Å². The zero-order chi connectivity index (χ0) is 16.6. The first-order valence-electron chi connectivity index (χ1n) is 7.54. The van der Waals surface area contributed by atoms with Crippen molar-refractivity contribution in [3.05, 3.63) is 48.0 Å². The van der Waals surface area contributed by atoms with Crippen LogP contribution in [0.5, 0.6) is 5.75 Å². The van der Waals surface area contributed by atoms with E-state index >= 15 is 0 Å². The third kappa shape index (κ3) is 3.13. The van der Waals surface area contributed by atoms with Gasteiger partial charge in [-0.3, -0.25) is 4.79 Å². The quantitative estimate of drug-likeness (QED) is 0.479. The summed E-state index contributed by atoms with van der Waals surface area (Å²) in [5, 5.41) is 0.876. The molecule has 0 atom stereocenters. The molecule has 0 aliphatic rings. The van der Waals surface area contributed by atoms with Crippen molar-refractivity contribution < 1.29 is 9.53 Å². The zero-order valence-corrected chi connectivity index (χ0v) is 14.5. The highest BCUT2D eigenvalue weighted by molar-refractivity contribution is 7.21. The number of benzene rings is 2. The molecule has 0 N–H and O–H groups in total. The van der Waals surface area contributed by atoms with Crippen LogP contribution in [0.4, 0.5) is 0 Å². The lowest BCUT2D eigenvalue weighted by Gasteiger charge is -2.18. The molecule has 3 nitrogen and oxygen atoms in total. The molecule has 23 heavy (non-hydrogen) atoms. The Kier molecular flexibility index (Phi) is 3.94. The molecule has 0 unspecified atom stereocenters. The Morgan fingerprint density at radius 1 is 1.09 bits per heavy atom. The first-order valence-corrected chi connectivity index (χ1v) is 8.36. The summed E-state index contributed by atoms with van der Waals surface area (Å²) in [5.74, 6) is 0.328. The first-order chi connectivity index (χ1) is 10.9. The van der Waals surface area contributed by atoms with Crippen molar-refractivity contribution >= 4 is 27.5 Å². The summed E-state index contributed by atoms with van der Waals surface area (Å²) in [5.41, 5.74) is 2.35. The van der Waals surface area contributed by atoms with Crippen molar-refractivity contribution in [3.8, 4) is 16.3 Å². The fraction of sp³-hybridized carbons (Fsp3) is 0.263. The van der Waals surface area contributed by atoms with E-state index in [1.54, 1.807) is 11.3 Å². The minimum atomic E-state index is -0.547. The number of hydrogen-bond donors (Lipinski definition) is 0. The van der Waals surface area contributed by atoms with Gasteiger partial charge in [-0.2, -0.15) is 0 Å². The predicted octanol–water partition coefficient (Wildman–Crippen LogP) is 5.22. The van der Waals surface area contributed by atoms with Gasteiger partial charge in [0.2, 0.25) is 0 Å². The van der Waals surface area contributed by atoms with E-state index in [9.17, 15) is 4.79 Å². The molecule has 0 aliphatic carbocycles. The maximum absolute atomic E-state index is 12.3. The van der Waals surface area contributed by atoms with E-state index in [-0.39, 0.29) is 5.97 Å². The van der Waals surface area contributed by atoms with E-state index in [4.69, 9.17) is 9.72 Å². The van der Waals surface area contributed by atoms with E-state index in [0.717, 1.165) is 26.4 Å². The summed E-state index contributed by atoms with van der Waals surface area (Å²) in [4.78, 5) is 17.0. The van der Waals surface area contributed by atoms with Crippen molar-refractivity contribution in [1.82, 2.24) is 4.98 Å². The molecule has 118 valence electrons. The van der Waals surface area contributed by atoms with Gasteiger partial charge in [-0.25, -0.2) is 4.98 Å². The summed E-state index contributed by atoms with van der Waals surface area (Å²) in [6, 6.07) is 13.8. The van der Waals surface area contributed by atoms with Gasteiger partial charge in [0, 0.05) is 0 Å². The van der Waals surface area contributed by atoms with Crippen molar-refractivity contribution in [2.75, 3.05) is 0 Å². The smallest absolute Gasteiger partial charge is 0.316 e. The molecule has 0 fully saturated rings. The molecule has 0 amide bonds. The summed E-state index contributed by atoms with van der Waals surface area (Å²) in [6.07, 6.45) is 0. The first kappa shape index (κ1) is 15.7. The maximum Gasteiger partial charge on any atom is 0.316 e. The minimum Gasteiger partial charge on any atom is -0.425 e. The van der Waals surface area contributed by atoms with Crippen LogP contribution >= 0.6 is 11.3 Å². The van der Waals surface area contributed by atoms with Gasteiger partial charge in [-0.05, 0) is 51.5 Å². The summed E-state index contributed by atoms with van der Waals surface area (Å²) >= 11 is 1.61. The van der Waals surface area contributed by atoms with Crippen molar-refractivity contribution in [2.24, 2.45) is 5.41 Å². The van der Waals surface area contributed by atoms with E-state index < -0.39 is 5.41 Å². The maximum atomic E-state index is 12.3. The molecule has 0 spiro atoms. The Balaban J connectivity index is 2.09. The second-order valence-corrected chi connectivity index (χ2v) is 7.60. The van der Waals surface area contributed by atoms with E-state index in [0.29, 0.717) is 5.75 Å². The lowest BCUT2D eigenvalue weighted by atomic mass is 9.97. The molecule has 3 rings (SSSR count). The summed E-state index contributed by atoms with van der Waals surface area (Å²) in [7, 11) is 0. The highest BCUT2D eigenvalue weighted by Gasteiger charge is 2.25. The Morgan fingerprint density at radius 2 is 1.83 bits per heavy atom. The molecular weight excluding hydrogens is 306 g/mol. The van der Waals surface area contributed by atoms with E-state index in [1.165, 1.54) is 0 Å². The molecule has 0 radical (unpaired) electrons. The van der Waals surface area contributed by atoms with Crippen LogP contribution in [-0.2, 0) is 4.79 Å². The van der Waals surface area contributed by atoms with E-state index in [2.05, 4.69) is 6.07 Å². The number of esters is 1. The Hall–Kier alpha value is -2.20. The van der Waals surface area contributed by atoms with Crippen molar-refractivity contribution in [3.63, 3.8) is 0 Å². The number of thiazole rings is 1. The summed E-state index contributed by atoms with van der Waals surface area (Å²) in [6.45, 7) is 7.56. The van der Waals surface area contributed by atoms with Crippen LogP contribution in [0.1, 0.15) is 26.3 Å². The van der Waals surface area contributed by atoms with Crippen LogP contribution in [-0.4, -0.2) is 11.0 Å². The lowest BCUT2D eigenvalue weighted by Crippen LogP contribution is -2.25. The number of carbonyl (C=O) groups is 1. The van der Waals surface area contributed by atoms with Crippen LogP contribution in [0.15, 0.2) is 42.5 Å². The number of para-hydroxylation sites is 1. The largest absolute Gasteiger partial charge is 0.425 e. The van der Waals surface area contributed by atoms with Crippen molar-refractivity contribution in [2.45, 2.75) is 27.7 Å². The van der Waals surface area contributed by atoms with Crippen LogP contribution < -0.4 is 4.74 Å². The standard InChI is InChI=1S/C19H19NO2S/c1-12-8-7-10-14(22-18(21)19(2,3)4)16(12)17-20-13-9-5-6-11-15(13)23-17/h5-11H,1-4H3. The molecular formula is C19H19NO2S. The number of hydrogen-bond acceptors (Lipinski definition) is 4. The Labute approximate surface area is 139 Å². The predicted molar refractivity (Wildman–Crippen MR) is 94.9 cm³/mol. The highest BCUT2D eigenvalue weighted by atomic mass is 32.1. The van der Waals surface area contributed by atoms with Crippen LogP contribution in [0, 0.1) is 12.3 Å². The minimum absolute atomic E-state index is 0.245. The van der Waals surface area contributed by atoms with Gasteiger partial charge >= 0.3 is 5.97 Å². The Morgan fingerprint density at radius 3 is 2.52 bits per heavy atom. The number of aryl methyl sites for hydroxylation is 1. The van der Waals surface area contributed by atoms with Crippen LogP contribution in [0.25, 0.3) is 20.8 Å². The molecule has 3 aromatic rings. The fourth-order valence-electron chi connectivity index (χ4n) is 2.23. The number of carbonyl (C=O) groups excluding carboxylic acids is 1. The number of fused-ring (bicyclic) bond motifs is 1. The number of ether oxygens (including phenoxy) is 1. The van der Waals surface area contributed by atoms with Crippen LogP contribution in [0.2, 0.25) is 0 Å². The van der Waals surface area contributed by atoms with Gasteiger partial charge in [0.15, 0.2) is 0 Å². The van der Waals surface area contributed by atoms with Gasteiger partial charge < -0.3 is 4.74 Å².